The van der Waals surface area contributed by atoms with E-state index in [2.05, 4.69) is 9.84 Å². The van der Waals surface area contributed by atoms with E-state index in [1.165, 1.54) is 72.8 Å². The number of benzene rings is 2. The molecule has 0 spiro atoms. The van der Waals surface area contributed by atoms with Gasteiger partial charge < -0.3 is 10.1 Å². The molecule has 3 N–H and O–H groups in total. The summed E-state index contributed by atoms with van der Waals surface area (Å²) in [7, 11) is -0.905. The van der Waals surface area contributed by atoms with Crippen molar-refractivity contribution in [2.45, 2.75) is 11.3 Å². The van der Waals surface area contributed by atoms with Crippen LogP contribution in [0.4, 0.5) is 18.9 Å². The molecule has 1 heterocycles. The maximum absolute atomic E-state index is 12.6. The number of nitrogens with one attached hydrogen (secondary N) is 1. The molecule has 0 aliphatic carbocycles. The van der Waals surface area contributed by atoms with Gasteiger partial charge in [0.05, 0.1) is 10.6 Å². The third kappa shape index (κ3) is 6.41. The average Bonchev–Trinajstić information content (AvgIpc) is 2.78. The normalized spacial score (nSPS) is 12.6. The van der Waals surface area contributed by atoms with Crippen LogP contribution in [0.15, 0.2) is 76.6 Å². The predicted octanol–water partition coefficient (Wildman–Crippen LogP) is 2.27. The summed E-state index contributed by atoms with van der Waals surface area (Å²) in [6.45, 7) is 0. The topological polar surface area (TPSA) is 122 Å². The van der Waals surface area contributed by atoms with E-state index in [9.17, 15) is 26.4 Å². The lowest BCUT2D eigenvalue weighted by Crippen LogP contribution is -2.75. The van der Waals surface area contributed by atoms with Gasteiger partial charge in [0.2, 0.25) is 15.5 Å². The first kappa shape index (κ1) is 25.8. The molecule has 1 aromatic heterocycles. The first-order chi connectivity index (χ1) is 16.4. The Labute approximate surface area is 198 Å². The lowest BCUT2D eigenvalue weighted by molar-refractivity contribution is -0.469. The van der Waals surface area contributed by atoms with Crippen molar-refractivity contribution in [3.8, 4) is 11.4 Å². The Morgan fingerprint density at radius 1 is 1.14 bits per heavy atom. The summed E-state index contributed by atoms with van der Waals surface area (Å²) in [5.74, 6) is -0.460. The summed E-state index contributed by atoms with van der Waals surface area (Å²) in [5.41, 5.74) is 0.213. The fraction of sp³-hybridized carbons (Fsp3) is 0.136. The summed E-state index contributed by atoms with van der Waals surface area (Å²) in [4.78, 5) is 12.6. The second-order valence-electron chi connectivity index (χ2n) is 7.31. The van der Waals surface area contributed by atoms with Crippen molar-refractivity contribution in [1.29, 1.82) is 5.41 Å². The highest BCUT2D eigenvalue weighted by atomic mass is 32.2. The molecular formula is C22H21F3N5O4S+. The van der Waals surface area contributed by atoms with Crippen LogP contribution in [0.1, 0.15) is 5.69 Å². The number of nitrogens with two attached hydrogens (primary N) is 1. The molecule has 0 atom stereocenters. The molecule has 0 amide bonds. The Hall–Kier alpha value is -3.81. The molecule has 0 unspecified atom stereocenters. The highest BCUT2D eigenvalue weighted by Crippen LogP contribution is 2.24. The third-order valence-electron chi connectivity index (χ3n) is 4.62. The first-order valence-corrected chi connectivity index (χ1v) is 11.4. The fourth-order valence-electron chi connectivity index (χ4n) is 3.01. The number of aromatic nitrogens is 2. The van der Waals surface area contributed by atoms with Gasteiger partial charge in [-0.3, -0.25) is 10.1 Å². The molecule has 0 fully saturated rings. The summed E-state index contributed by atoms with van der Waals surface area (Å²) >= 11 is 0. The minimum absolute atomic E-state index is 0.0327. The van der Waals surface area contributed by atoms with Gasteiger partial charge in [-0.2, -0.15) is 5.10 Å². The molecule has 35 heavy (non-hydrogen) atoms. The van der Waals surface area contributed by atoms with Crippen LogP contribution in [-0.4, -0.2) is 49.2 Å². The van der Waals surface area contributed by atoms with Gasteiger partial charge in [0.15, 0.2) is 11.4 Å². The predicted molar refractivity (Wildman–Crippen MR) is 122 cm³/mol. The van der Waals surface area contributed by atoms with Gasteiger partial charge >= 0.3 is 6.36 Å². The number of alkyl halides is 3. The summed E-state index contributed by atoms with van der Waals surface area (Å²) in [6, 6.07) is 12.2. The summed E-state index contributed by atoms with van der Waals surface area (Å²) in [6.07, 6.45) is -1.36. The molecule has 0 aliphatic rings. The number of quaternary nitrogens is 1. The van der Waals surface area contributed by atoms with Crippen LogP contribution < -0.4 is 15.5 Å². The van der Waals surface area contributed by atoms with Crippen molar-refractivity contribution in [2.24, 2.45) is 0 Å². The maximum atomic E-state index is 12.6. The van der Waals surface area contributed by atoms with E-state index in [4.69, 9.17) is 5.41 Å². The Morgan fingerprint density at radius 2 is 1.86 bits per heavy atom. The molecule has 0 saturated heterocycles. The summed E-state index contributed by atoms with van der Waals surface area (Å²) < 4.78 is 68.8. The largest absolute Gasteiger partial charge is 0.573 e. The van der Waals surface area contributed by atoms with Crippen molar-refractivity contribution in [1.82, 2.24) is 14.1 Å². The number of halogens is 3. The van der Waals surface area contributed by atoms with Crippen molar-refractivity contribution < 1.29 is 31.6 Å². The van der Waals surface area contributed by atoms with Crippen LogP contribution in [0.25, 0.3) is 11.4 Å². The van der Waals surface area contributed by atoms with Crippen molar-refractivity contribution >= 4 is 27.6 Å². The number of hydrogen-bond donors (Lipinski definition) is 2. The Morgan fingerprint density at radius 3 is 2.51 bits per heavy atom. The molecule has 0 saturated carbocycles. The maximum Gasteiger partial charge on any atom is 0.573 e. The Balaban J connectivity index is 2.00. The average molecular weight is 509 g/mol. The molecule has 9 nitrogen and oxygen atoms in total. The fourth-order valence-corrected chi connectivity index (χ4v) is 3.97. The van der Waals surface area contributed by atoms with Crippen LogP contribution in [-0.2, 0) is 10.0 Å². The van der Waals surface area contributed by atoms with E-state index in [0.717, 1.165) is 22.7 Å². The Kier molecular flexibility index (Phi) is 7.53. The third-order valence-corrected chi connectivity index (χ3v) is 6.43. The van der Waals surface area contributed by atoms with Crippen LogP contribution in [0, 0.1) is 5.41 Å². The minimum atomic E-state index is -4.87. The smallest absolute Gasteiger partial charge is 0.406 e. The van der Waals surface area contributed by atoms with E-state index < -0.39 is 27.6 Å². The lowest BCUT2D eigenvalue weighted by atomic mass is 10.2. The highest BCUT2D eigenvalue weighted by molar-refractivity contribution is 7.89. The molecule has 0 radical (unpaired) electrons. The number of nitrogens with zero attached hydrogens (tertiary/aromatic N) is 3. The molecule has 0 aliphatic heterocycles. The molecule has 2 aromatic carbocycles. The quantitative estimate of drug-likeness (QED) is 0.357. The van der Waals surface area contributed by atoms with Crippen molar-refractivity contribution in [3.63, 3.8) is 0 Å². The van der Waals surface area contributed by atoms with E-state index in [1.807, 2.05) is 0 Å². The zero-order valence-corrected chi connectivity index (χ0v) is 19.3. The molecule has 184 valence electrons. The van der Waals surface area contributed by atoms with Gasteiger partial charge in [-0.25, -0.2) is 17.4 Å². The zero-order chi connectivity index (χ0) is 25.8. The highest BCUT2D eigenvalue weighted by Gasteiger charge is 2.31. The molecular weight excluding hydrogens is 487 g/mol. The number of allylic oxidation sites excluding steroid dienone is 1. The van der Waals surface area contributed by atoms with E-state index >= 15 is 0 Å². The van der Waals surface area contributed by atoms with Crippen LogP contribution in [0.5, 0.6) is 5.75 Å². The SMILES string of the molecule is CN(C)S(=O)(=O)c1cccc([NH2+]C(=CC=N)c2nn(-c3cccc(OC(F)(F)F)c3)ccc2=O)c1. The monoisotopic (exact) mass is 508 g/mol. The van der Waals surface area contributed by atoms with Crippen molar-refractivity contribution in [2.75, 3.05) is 14.1 Å². The number of rotatable bonds is 8. The van der Waals surface area contributed by atoms with Gasteiger partial charge in [0, 0.05) is 50.8 Å². The van der Waals surface area contributed by atoms with E-state index in [-0.39, 0.29) is 22.0 Å². The van der Waals surface area contributed by atoms with Crippen LogP contribution in [0.3, 0.4) is 0 Å². The molecule has 0 bridgehead atoms. The zero-order valence-electron chi connectivity index (χ0n) is 18.5. The molecule has 3 aromatic rings. The van der Waals surface area contributed by atoms with Gasteiger partial charge in [0.1, 0.15) is 11.4 Å². The van der Waals surface area contributed by atoms with Gasteiger partial charge in [-0.05, 0) is 24.3 Å². The second kappa shape index (κ2) is 10.2. The van der Waals surface area contributed by atoms with E-state index in [1.54, 1.807) is 6.07 Å². The molecule has 3 rings (SSSR count). The molecule has 13 heteroatoms. The van der Waals surface area contributed by atoms with Crippen molar-refractivity contribution in [3.05, 3.63) is 82.8 Å². The minimum Gasteiger partial charge on any atom is -0.406 e. The standard InChI is InChI=1S/C22H20F3N5O4S/c1-29(2)35(32,33)18-8-3-5-15(13-18)27-19(9-11-26)21-20(31)10-12-30(28-21)16-6-4-7-17(14-16)34-22(23,24)25/h3-14,26-27H,1-2H3/p+1. The van der Waals surface area contributed by atoms with Crippen LogP contribution in [0.2, 0.25) is 0 Å². The number of sulfonamides is 1. The number of ether oxygens (including phenoxy) is 1. The Bertz CT molecular complexity index is 1430. The lowest BCUT2D eigenvalue weighted by Gasteiger charge is -2.13. The van der Waals surface area contributed by atoms with Gasteiger partial charge in [-0.1, -0.05) is 12.1 Å². The van der Waals surface area contributed by atoms with Gasteiger partial charge in [0.25, 0.3) is 0 Å². The van der Waals surface area contributed by atoms with E-state index in [0.29, 0.717) is 5.69 Å². The summed E-state index contributed by atoms with van der Waals surface area (Å²) in [5, 5.41) is 13.2. The second-order valence-corrected chi connectivity index (χ2v) is 9.46. The van der Waals surface area contributed by atoms with Gasteiger partial charge in [-0.15, -0.1) is 13.2 Å². The van der Waals surface area contributed by atoms with Crippen LogP contribution >= 0.6 is 0 Å². The first-order valence-electron chi connectivity index (χ1n) is 9.95. The number of hydrogen-bond acceptors (Lipinski definition) is 6.